The second-order valence-electron chi connectivity index (χ2n) is 5.68. The van der Waals surface area contributed by atoms with Crippen LogP contribution in [-0.2, 0) is 0 Å². The Balaban J connectivity index is 2.07. The molecule has 1 aromatic carbocycles. The summed E-state index contributed by atoms with van der Waals surface area (Å²) in [5.74, 6) is 0.374. The average Bonchev–Trinajstić information content (AvgIpc) is 2.47. The molecule has 106 valence electrons. The zero-order chi connectivity index (χ0) is 14.1. The first-order chi connectivity index (χ1) is 9.69. The summed E-state index contributed by atoms with van der Waals surface area (Å²) in [6.45, 7) is 4.22. The fraction of sp³-hybridized carbons (Fsp3) is 0.438. The van der Waals surface area contributed by atoms with Crippen molar-refractivity contribution >= 4 is 22.1 Å². The van der Waals surface area contributed by atoms with Crippen LogP contribution in [0.4, 0.5) is 11.4 Å². The Kier molecular flexibility index (Phi) is 3.49. The van der Waals surface area contributed by atoms with Gasteiger partial charge in [0.15, 0.2) is 0 Å². The molecule has 1 fully saturated rings. The Hall–Kier alpha value is -1.81. The minimum absolute atomic E-state index is 0.268. The van der Waals surface area contributed by atoms with Crippen LogP contribution in [0.1, 0.15) is 18.5 Å². The number of hydrogen-bond acceptors (Lipinski definition) is 4. The smallest absolute Gasteiger partial charge is 0.0476 e. The number of aliphatic hydroxyl groups is 1. The molecule has 20 heavy (non-hydrogen) atoms. The molecule has 3 rings (SSSR count). The monoisotopic (exact) mass is 271 g/mol. The van der Waals surface area contributed by atoms with E-state index in [4.69, 9.17) is 5.73 Å². The predicted octanol–water partition coefficient (Wildman–Crippen LogP) is 2.33. The van der Waals surface area contributed by atoms with Crippen molar-refractivity contribution in [2.75, 3.05) is 30.3 Å². The molecule has 0 saturated carbocycles. The molecular formula is C16H21N3O. The number of nitrogens with two attached hydrogens (primary N) is 1. The van der Waals surface area contributed by atoms with Crippen LogP contribution in [0, 0.1) is 12.8 Å². The Morgan fingerprint density at radius 3 is 3.05 bits per heavy atom. The highest BCUT2D eigenvalue weighted by Crippen LogP contribution is 2.33. The van der Waals surface area contributed by atoms with Crippen LogP contribution in [0.15, 0.2) is 24.4 Å². The molecule has 0 aliphatic carbocycles. The highest BCUT2D eigenvalue weighted by atomic mass is 16.3. The first-order valence-corrected chi connectivity index (χ1v) is 7.19. The van der Waals surface area contributed by atoms with Gasteiger partial charge in [0.1, 0.15) is 0 Å². The molecule has 0 radical (unpaired) electrons. The van der Waals surface area contributed by atoms with Crippen molar-refractivity contribution in [1.82, 2.24) is 4.98 Å². The van der Waals surface area contributed by atoms with Gasteiger partial charge in [-0.05, 0) is 43.9 Å². The number of pyridine rings is 1. The van der Waals surface area contributed by atoms with Crippen LogP contribution in [0.2, 0.25) is 0 Å². The maximum absolute atomic E-state index is 9.40. The quantitative estimate of drug-likeness (QED) is 0.823. The van der Waals surface area contributed by atoms with Gasteiger partial charge >= 0.3 is 0 Å². The SMILES string of the molecule is Cc1cc2c(N3CCCC(CO)C3)ccc(N)c2cn1. The molecule has 3 N–H and O–H groups in total. The van der Waals surface area contributed by atoms with E-state index in [1.54, 1.807) is 0 Å². The fourth-order valence-corrected chi connectivity index (χ4v) is 3.06. The van der Waals surface area contributed by atoms with Crippen molar-refractivity contribution in [1.29, 1.82) is 0 Å². The molecule has 2 aromatic rings. The normalized spacial score (nSPS) is 19.5. The standard InChI is InChI=1S/C16H21N3O/c1-11-7-13-14(8-18-11)15(17)4-5-16(13)19-6-2-3-12(9-19)10-20/h4-5,7-8,12,20H,2-3,6,9-10,17H2,1H3. The van der Waals surface area contributed by atoms with Gasteiger partial charge < -0.3 is 15.7 Å². The third kappa shape index (κ3) is 2.31. The number of hydrogen-bond donors (Lipinski definition) is 2. The number of benzene rings is 1. The zero-order valence-electron chi connectivity index (χ0n) is 11.8. The van der Waals surface area contributed by atoms with Crippen molar-refractivity contribution in [2.45, 2.75) is 19.8 Å². The Morgan fingerprint density at radius 1 is 1.40 bits per heavy atom. The van der Waals surface area contributed by atoms with Crippen molar-refractivity contribution in [3.8, 4) is 0 Å². The molecule has 0 spiro atoms. The fourth-order valence-electron chi connectivity index (χ4n) is 3.06. The summed E-state index contributed by atoms with van der Waals surface area (Å²) in [6, 6.07) is 6.15. The van der Waals surface area contributed by atoms with E-state index >= 15 is 0 Å². The van der Waals surface area contributed by atoms with E-state index in [2.05, 4.69) is 22.0 Å². The van der Waals surface area contributed by atoms with Gasteiger partial charge in [-0.15, -0.1) is 0 Å². The second-order valence-corrected chi connectivity index (χ2v) is 5.68. The molecule has 1 aliphatic heterocycles. The first-order valence-electron chi connectivity index (χ1n) is 7.19. The lowest BCUT2D eigenvalue weighted by atomic mass is 9.97. The van der Waals surface area contributed by atoms with Crippen molar-refractivity contribution in [3.05, 3.63) is 30.1 Å². The molecule has 1 saturated heterocycles. The average molecular weight is 271 g/mol. The van der Waals surface area contributed by atoms with Crippen LogP contribution in [0.3, 0.4) is 0 Å². The van der Waals surface area contributed by atoms with Crippen LogP contribution >= 0.6 is 0 Å². The lowest BCUT2D eigenvalue weighted by molar-refractivity contribution is 0.209. The predicted molar refractivity (Wildman–Crippen MR) is 82.9 cm³/mol. The molecule has 1 aromatic heterocycles. The van der Waals surface area contributed by atoms with Crippen LogP contribution in [-0.4, -0.2) is 29.8 Å². The number of piperidine rings is 1. The molecule has 0 bridgehead atoms. The number of aryl methyl sites for hydroxylation is 1. The van der Waals surface area contributed by atoms with Crippen molar-refractivity contribution < 1.29 is 5.11 Å². The van der Waals surface area contributed by atoms with Gasteiger partial charge in [0, 0.05) is 53.7 Å². The number of nitrogens with zero attached hydrogens (tertiary/aromatic N) is 2. The minimum Gasteiger partial charge on any atom is -0.398 e. The summed E-state index contributed by atoms with van der Waals surface area (Å²) in [5, 5.41) is 11.6. The number of nitrogen functional groups attached to an aromatic ring is 1. The Bertz CT molecular complexity index is 626. The van der Waals surface area contributed by atoms with E-state index in [-0.39, 0.29) is 6.61 Å². The molecule has 4 nitrogen and oxygen atoms in total. The van der Waals surface area contributed by atoms with Gasteiger partial charge in [-0.3, -0.25) is 4.98 Å². The largest absolute Gasteiger partial charge is 0.398 e. The van der Waals surface area contributed by atoms with Gasteiger partial charge in [-0.2, -0.15) is 0 Å². The van der Waals surface area contributed by atoms with Crippen LogP contribution in [0.25, 0.3) is 10.8 Å². The second kappa shape index (κ2) is 5.29. The summed E-state index contributed by atoms with van der Waals surface area (Å²) in [6.07, 6.45) is 4.10. The van der Waals surface area contributed by atoms with Gasteiger partial charge in [0.05, 0.1) is 0 Å². The molecule has 1 unspecified atom stereocenters. The van der Waals surface area contributed by atoms with Crippen molar-refractivity contribution in [2.24, 2.45) is 5.92 Å². The van der Waals surface area contributed by atoms with Crippen molar-refractivity contribution in [3.63, 3.8) is 0 Å². The van der Waals surface area contributed by atoms with E-state index in [1.165, 1.54) is 5.69 Å². The van der Waals surface area contributed by atoms with Gasteiger partial charge in [0.2, 0.25) is 0 Å². The summed E-state index contributed by atoms with van der Waals surface area (Å²) < 4.78 is 0. The summed E-state index contributed by atoms with van der Waals surface area (Å²) in [7, 11) is 0. The third-order valence-corrected chi connectivity index (χ3v) is 4.17. The van der Waals surface area contributed by atoms with E-state index in [0.29, 0.717) is 5.92 Å². The number of aromatic nitrogens is 1. The van der Waals surface area contributed by atoms with E-state index in [9.17, 15) is 5.11 Å². The summed E-state index contributed by atoms with van der Waals surface area (Å²) >= 11 is 0. The van der Waals surface area contributed by atoms with Crippen LogP contribution < -0.4 is 10.6 Å². The van der Waals surface area contributed by atoms with Gasteiger partial charge in [0.25, 0.3) is 0 Å². The number of rotatable bonds is 2. The highest BCUT2D eigenvalue weighted by Gasteiger charge is 2.21. The first kappa shape index (κ1) is 13.2. The maximum atomic E-state index is 9.40. The highest BCUT2D eigenvalue weighted by molar-refractivity contribution is 6.01. The molecular weight excluding hydrogens is 250 g/mol. The van der Waals surface area contributed by atoms with Gasteiger partial charge in [-0.1, -0.05) is 0 Å². The third-order valence-electron chi connectivity index (χ3n) is 4.17. The van der Waals surface area contributed by atoms with Gasteiger partial charge in [-0.25, -0.2) is 0 Å². The van der Waals surface area contributed by atoms with E-state index < -0.39 is 0 Å². The lowest BCUT2D eigenvalue weighted by Gasteiger charge is -2.34. The Morgan fingerprint density at radius 2 is 2.25 bits per heavy atom. The summed E-state index contributed by atoms with van der Waals surface area (Å²) in [5.41, 5.74) is 9.04. The molecule has 2 heterocycles. The lowest BCUT2D eigenvalue weighted by Crippen LogP contribution is -2.36. The number of fused-ring (bicyclic) bond motifs is 1. The number of aliphatic hydroxyl groups excluding tert-OH is 1. The molecule has 1 aliphatic rings. The zero-order valence-corrected chi connectivity index (χ0v) is 11.8. The summed E-state index contributed by atoms with van der Waals surface area (Å²) in [4.78, 5) is 6.71. The van der Waals surface area contributed by atoms with Crippen LogP contribution in [0.5, 0.6) is 0 Å². The van der Waals surface area contributed by atoms with E-state index in [1.807, 2.05) is 19.2 Å². The Labute approximate surface area is 119 Å². The molecule has 0 amide bonds. The number of anilines is 2. The topological polar surface area (TPSA) is 62.4 Å². The minimum atomic E-state index is 0.268. The molecule has 1 atom stereocenters. The maximum Gasteiger partial charge on any atom is 0.0476 e. The molecule has 4 heteroatoms. The van der Waals surface area contributed by atoms with E-state index in [0.717, 1.165) is 48.1 Å².